The summed E-state index contributed by atoms with van der Waals surface area (Å²) in [5.41, 5.74) is 0.935. The second-order valence-corrected chi connectivity index (χ2v) is 3.29. The molecule has 0 fully saturated rings. The molecule has 0 heterocycles. The molecule has 0 bridgehead atoms. The molecule has 54 valence electrons. The molecule has 3 heteroatoms. The van der Waals surface area contributed by atoms with E-state index >= 15 is 0 Å². The van der Waals surface area contributed by atoms with Gasteiger partial charge in [0.25, 0.3) is 0 Å². The predicted molar refractivity (Wildman–Crippen MR) is 45.6 cm³/mol. The highest BCUT2D eigenvalue weighted by Crippen LogP contribution is 2.30. The van der Waals surface area contributed by atoms with Crippen LogP contribution < -0.4 is 0 Å². The van der Waals surface area contributed by atoms with Gasteiger partial charge in [-0.15, -0.1) is 0 Å². The molecule has 0 saturated carbocycles. The smallest absolute Gasteiger partial charge is 0.131 e. The molecular weight excluding hydrogens is 215 g/mol. The van der Waals surface area contributed by atoms with Gasteiger partial charge in [-0.2, -0.15) is 0 Å². The van der Waals surface area contributed by atoms with Crippen molar-refractivity contribution in [2.75, 3.05) is 0 Å². The topological polar surface area (TPSA) is 20.2 Å². The van der Waals surface area contributed by atoms with E-state index in [1.165, 1.54) is 6.07 Å². The van der Waals surface area contributed by atoms with Gasteiger partial charge in [0.05, 0.1) is 4.47 Å². The predicted octanol–water partition coefficient (Wildman–Crippen LogP) is 3.12. The Morgan fingerprint density at radius 1 is 1.50 bits per heavy atom. The summed E-state index contributed by atoms with van der Waals surface area (Å²) in [6, 6.07) is 3.28. The molecule has 1 N–H and O–H groups in total. The number of hydrogen-bond acceptors (Lipinski definition) is 1. The monoisotopic (exact) mass is 220 g/mol. The second-order valence-electron chi connectivity index (χ2n) is 2.06. The van der Waals surface area contributed by atoms with E-state index in [9.17, 15) is 0 Å². The quantitative estimate of drug-likeness (QED) is 0.714. The van der Waals surface area contributed by atoms with Gasteiger partial charge < -0.3 is 5.11 Å². The van der Waals surface area contributed by atoms with E-state index in [0.717, 1.165) is 5.56 Å². The molecule has 0 spiro atoms. The Balaban J connectivity index is 3.31. The summed E-state index contributed by atoms with van der Waals surface area (Å²) in [5.74, 6) is 0.185. The fraction of sp³-hybridized carbons (Fsp3) is 0.143. The number of halogens is 2. The van der Waals surface area contributed by atoms with Crippen molar-refractivity contribution in [3.05, 3.63) is 27.2 Å². The molecule has 0 aromatic heterocycles. The molecule has 1 nitrogen and oxygen atoms in total. The summed E-state index contributed by atoms with van der Waals surface area (Å²) < 4.78 is 0.705. The number of hydrogen-bond donors (Lipinski definition) is 1. The van der Waals surface area contributed by atoms with E-state index in [1.54, 1.807) is 6.07 Å². The highest BCUT2D eigenvalue weighted by atomic mass is 79.9. The van der Waals surface area contributed by atoms with E-state index in [0.29, 0.717) is 9.50 Å². The average molecular weight is 221 g/mol. The van der Waals surface area contributed by atoms with Gasteiger partial charge in [0.1, 0.15) is 5.75 Å². The first-order valence-electron chi connectivity index (χ1n) is 2.76. The van der Waals surface area contributed by atoms with Crippen LogP contribution in [-0.2, 0) is 0 Å². The largest absolute Gasteiger partial charge is 0.507 e. The van der Waals surface area contributed by atoms with Crippen molar-refractivity contribution < 1.29 is 5.11 Å². The lowest BCUT2D eigenvalue weighted by Crippen LogP contribution is -1.76. The van der Waals surface area contributed by atoms with Gasteiger partial charge in [0.2, 0.25) is 0 Å². The Labute approximate surface area is 72.8 Å². The van der Waals surface area contributed by atoms with Crippen molar-refractivity contribution >= 4 is 27.5 Å². The zero-order valence-electron chi connectivity index (χ0n) is 5.36. The van der Waals surface area contributed by atoms with Crippen molar-refractivity contribution in [2.24, 2.45) is 0 Å². The molecular formula is C7H6BrClO. The molecule has 0 saturated heterocycles. The van der Waals surface area contributed by atoms with Crippen molar-refractivity contribution in [1.82, 2.24) is 0 Å². The Kier molecular flexibility index (Phi) is 2.21. The minimum atomic E-state index is 0.185. The van der Waals surface area contributed by atoms with Crippen LogP contribution in [0.5, 0.6) is 5.75 Å². The van der Waals surface area contributed by atoms with Crippen LogP contribution in [0.3, 0.4) is 0 Å². The summed E-state index contributed by atoms with van der Waals surface area (Å²) in [5, 5.41) is 9.70. The fourth-order valence-electron chi connectivity index (χ4n) is 0.708. The van der Waals surface area contributed by atoms with Crippen molar-refractivity contribution in [3.8, 4) is 5.75 Å². The third-order valence-corrected chi connectivity index (χ3v) is 2.45. The van der Waals surface area contributed by atoms with Crippen LogP contribution in [0.1, 0.15) is 5.56 Å². The first kappa shape index (κ1) is 7.89. The van der Waals surface area contributed by atoms with Crippen molar-refractivity contribution in [1.29, 1.82) is 0 Å². The van der Waals surface area contributed by atoms with Gasteiger partial charge in [-0.25, -0.2) is 0 Å². The van der Waals surface area contributed by atoms with E-state index in [-0.39, 0.29) is 5.75 Å². The van der Waals surface area contributed by atoms with E-state index in [2.05, 4.69) is 15.9 Å². The summed E-state index contributed by atoms with van der Waals surface area (Å²) >= 11 is 8.85. The fourth-order valence-corrected chi connectivity index (χ4v) is 1.20. The average Bonchev–Trinajstić information content (AvgIpc) is 1.82. The Morgan fingerprint density at radius 3 is 2.60 bits per heavy atom. The zero-order valence-corrected chi connectivity index (χ0v) is 7.70. The van der Waals surface area contributed by atoms with Crippen LogP contribution in [-0.4, -0.2) is 5.11 Å². The zero-order chi connectivity index (χ0) is 7.72. The van der Waals surface area contributed by atoms with Crippen LogP contribution in [0.15, 0.2) is 16.6 Å². The lowest BCUT2D eigenvalue weighted by molar-refractivity contribution is 0.471. The van der Waals surface area contributed by atoms with Crippen LogP contribution in [0, 0.1) is 6.92 Å². The summed E-state index contributed by atoms with van der Waals surface area (Å²) in [7, 11) is 0. The molecule has 10 heavy (non-hydrogen) atoms. The maximum absolute atomic E-state index is 9.15. The number of phenolic OH excluding ortho intramolecular Hbond substituents is 1. The second kappa shape index (κ2) is 2.81. The number of aryl methyl sites for hydroxylation is 1. The van der Waals surface area contributed by atoms with Crippen molar-refractivity contribution in [3.63, 3.8) is 0 Å². The van der Waals surface area contributed by atoms with Gasteiger partial charge >= 0.3 is 0 Å². The van der Waals surface area contributed by atoms with Gasteiger partial charge in [0, 0.05) is 5.02 Å². The molecule has 1 rings (SSSR count). The van der Waals surface area contributed by atoms with Gasteiger partial charge in [-0.1, -0.05) is 11.6 Å². The van der Waals surface area contributed by atoms with Crippen LogP contribution >= 0.6 is 27.5 Å². The summed E-state index contributed by atoms with van der Waals surface area (Å²) in [6.45, 7) is 1.87. The molecule has 0 amide bonds. The maximum atomic E-state index is 9.15. The number of phenols is 1. The SMILES string of the molecule is Cc1cc(Cl)cc(O)c1Br. The standard InChI is InChI=1S/C7H6BrClO/c1-4-2-5(9)3-6(10)7(4)8/h2-3,10H,1H3. The molecule has 1 aromatic carbocycles. The minimum Gasteiger partial charge on any atom is -0.507 e. The lowest BCUT2D eigenvalue weighted by atomic mass is 10.2. The lowest BCUT2D eigenvalue weighted by Gasteiger charge is -2.00. The number of rotatable bonds is 0. The van der Waals surface area contributed by atoms with Gasteiger partial charge in [-0.3, -0.25) is 0 Å². The Bertz CT molecular complexity index is 237. The van der Waals surface area contributed by atoms with E-state index in [1.807, 2.05) is 6.92 Å². The van der Waals surface area contributed by atoms with Crippen LogP contribution in [0.2, 0.25) is 5.02 Å². The first-order chi connectivity index (χ1) is 4.61. The molecule has 0 aliphatic heterocycles. The Hall–Kier alpha value is -0.210. The highest BCUT2D eigenvalue weighted by Gasteiger charge is 2.01. The molecule has 0 aliphatic rings. The molecule has 0 unspecified atom stereocenters. The van der Waals surface area contributed by atoms with Gasteiger partial charge in [-0.05, 0) is 40.5 Å². The molecule has 0 atom stereocenters. The maximum Gasteiger partial charge on any atom is 0.131 e. The first-order valence-corrected chi connectivity index (χ1v) is 3.93. The van der Waals surface area contributed by atoms with E-state index < -0.39 is 0 Å². The third kappa shape index (κ3) is 1.44. The summed E-state index contributed by atoms with van der Waals surface area (Å²) in [4.78, 5) is 0. The molecule has 0 aliphatic carbocycles. The number of benzene rings is 1. The number of aromatic hydroxyl groups is 1. The van der Waals surface area contributed by atoms with Crippen molar-refractivity contribution in [2.45, 2.75) is 6.92 Å². The van der Waals surface area contributed by atoms with Crippen LogP contribution in [0.25, 0.3) is 0 Å². The Morgan fingerprint density at radius 2 is 2.10 bits per heavy atom. The van der Waals surface area contributed by atoms with Crippen LogP contribution in [0.4, 0.5) is 0 Å². The summed E-state index contributed by atoms with van der Waals surface area (Å²) in [6.07, 6.45) is 0. The molecule has 0 radical (unpaired) electrons. The van der Waals surface area contributed by atoms with E-state index in [4.69, 9.17) is 16.7 Å². The minimum absolute atomic E-state index is 0.185. The highest BCUT2D eigenvalue weighted by molar-refractivity contribution is 9.10. The third-order valence-electron chi connectivity index (χ3n) is 1.20. The van der Waals surface area contributed by atoms with Gasteiger partial charge in [0.15, 0.2) is 0 Å². The molecule has 1 aromatic rings. The normalized spacial score (nSPS) is 9.90.